The Morgan fingerprint density at radius 1 is 1.50 bits per heavy atom. The number of benzene rings is 1. The van der Waals surface area contributed by atoms with Crippen LogP contribution in [0.5, 0.6) is 0 Å². The lowest BCUT2D eigenvalue weighted by atomic mass is 10.2. The fourth-order valence-corrected chi connectivity index (χ4v) is 2.19. The molecule has 92 valence electrons. The minimum absolute atomic E-state index is 0.587. The third kappa shape index (κ3) is 2.74. The van der Waals surface area contributed by atoms with E-state index in [2.05, 4.69) is 21.7 Å². The van der Waals surface area contributed by atoms with Crippen LogP contribution in [0.3, 0.4) is 0 Å². The van der Waals surface area contributed by atoms with Crippen molar-refractivity contribution in [1.82, 2.24) is 10.2 Å². The van der Waals surface area contributed by atoms with Gasteiger partial charge in [-0.1, -0.05) is 17.4 Å². The highest BCUT2D eigenvalue weighted by Gasteiger charge is 2.07. The monoisotopic (exact) mass is 260 g/mol. The van der Waals surface area contributed by atoms with E-state index < -0.39 is 0 Å². The Hall–Kier alpha value is -2.17. The number of rotatable bonds is 4. The van der Waals surface area contributed by atoms with Gasteiger partial charge >= 0.3 is 0 Å². The molecule has 1 aromatic carbocycles. The first-order chi connectivity index (χ1) is 8.72. The van der Waals surface area contributed by atoms with E-state index in [9.17, 15) is 0 Å². The molecule has 6 nitrogen and oxygen atoms in total. The lowest BCUT2D eigenvalue weighted by Gasteiger charge is -2.17. The molecule has 0 unspecified atom stereocenters. The molecule has 0 bridgehead atoms. The van der Waals surface area contributed by atoms with Gasteiger partial charge in [0.2, 0.25) is 5.13 Å². The Morgan fingerprint density at radius 3 is 3.00 bits per heavy atom. The summed E-state index contributed by atoms with van der Waals surface area (Å²) in [4.78, 5) is 2.00. The van der Waals surface area contributed by atoms with Crippen LogP contribution in [0.4, 0.5) is 10.8 Å². The van der Waals surface area contributed by atoms with Crippen molar-refractivity contribution in [3.63, 3.8) is 0 Å². The maximum Gasteiger partial charge on any atom is 0.219 e. The molecule has 0 amide bonds. The number of hydrogen-bond acceptors (Lipinski definition) is 7. The lowest BCUT2D eigenvalue weighted by Crippen LogP contribution is -2.16. The van der Waals surface area contributed by atoms with E-state index in [1.54, 1.807) is 6.07 Å². The van der Waals surface area contributed by atoms with Gasteiger partial charge in [-0.15, -0.1) is 10.2 Å². The molecule has 0 saturated heterocycles. The van der Waals surface area contributed by atoms with Crippen molar-refractivity contribution in [2.24, 2.45) is 5.84 Å². The second kappa shape index (κ2) is 5.44. The standard InChI is InChI=1S/C11H12N6S/c1-17(7-10-15-16-11(14-13)18-10)9-4-2-3-8(5-9)6-12/h2-5H,7,13H2,1H3,(H,14,16). The summed E-state index contributed by atoms with van der Waals surface area (Å²) in [5, 5.41) is 18.2. The molecule has 0 aliphatic carbocycles. The minimum atomic E-state index is 0.587. The summed E-state index contributed by atoms with van der Waals surface area (Å²) in [5.41, 5.74) is 4.07. The van der Waals surface area contributed by atoms with Gasteiger partial charge in [-0.05, 0) is 18.2 Å². The van der Waals surface area contributed by atoms with Gasteiger partial charge in [-0.3, -0.25) is 5.43 Å². The Kier molecular flexibility index (Phi) is 3.72. The van der Waals surface area contributed by atoms with Gasteiger partial charge in [-0.25, -0.2) is 5.84 Å². The molecule has 1 aromatic heterocycles. The molecule has 0 radical (unpaired) electrons. The number of nitriles is 1. The van der Waals surface area contributed by atoms with Crippen molar-refractivity contribution in [2.45, 2.75) is 6.54 Å². The second-order valence-corrected chi connectivity index (χ2v) is 4.73. The van der Waals surface area contributed by atoms with Crippen LogP contribution < -0.4 is 16.2 Å². The molecule has 2 aromatic rings. The van der Waals surface area contributed by atoms with Crippen LogP contribution in [-0.2, 0) is 6.54 Å². The van der Waals surface area contributed by atoms with Crippen LogP contribution in [0.1, 0.15) is 10.6 Å². The highest BCUT2D eigenvalue weighted by Crippen LogP contribution is 2.20. The van der Waals surface area contributed by atoms with E-state index in [0.717, 1.165) is 10.7 Å². The first kappa shape index (κ1) is 12.3. The molecule has 0 atom stereocenters. The average molecular weight is 260 g/mol. The number of aromatic nitrogens is 2. The molecule has 0 saturated carbocycles. The number of hydrazine groups is 1. The molecule has 0 aliphatic rings. The quantitative estimate of drug-likeness (QED) is 0.636. The Balaban J connectivity index is 2.11. The summed E-state index contributed by atoms with van der Waals surface area (Å²) >= 11 is 1.40. The number of nitrogens with two attached hydrogens (primary N) is 1. The van der Waals surface area contributed by atoms with Crippen LogP contribution in [0.2, 0.25) is 0 Å². The molecule has 1 heterocycles. The topological polar surface area (TPSA) is 90.9 Å². The fourth-order valence-electron chi connectivity index (χ4n) is 1.48. The molecule has 0 fully saturated rings. The Bertz CT molecular complexity index is 573. The Labute approximate surface area is 109 Å². The van der Waals surface area contributed by atoms with Crippen molar-refractivity contribution < 1.29 is 0 Å². The fraction of sp³-hybridized carbons (Fsp3) is 0.182. The van der Waals surface area contributed by atoms with Gasteiger partial charge in [0.1, 0.15) is 5.01 Å². The molecule has 0 spiro atoms. The maximum absolute atomic E-state index is 8.86. The van der Waals surface area contributed by atoms with Crippen molar-refractivity contribution in [3.8, 4) is 6.07 Å². The molecular formula is C11H12N6S. The third-order valence-corrected chi connectivity index (χ3v) is 3.22. The summed E-state index contributed by atoms with van der Waals surface area (Å²) in [6.07, 6.45) is 0. The van der Waals surface area contributed by atoms with Gasteiger partial charge in [0.05, 0.1) is 18.2 Å². The SMILES string of the molecule is CN(Cc1nnc(NN)s1)c1cccc(C#N)c1. The van der Waals surface area contributed by atoms with Crippen molar-refractivity contribution >= 4 is 22.2 Å². The minimum Gasteiger partial charge on any atom is -0.368 e. The Morgan fingerprint density at radius 2 is 2.33 bits per heavy atom. The van der Waals surface area contributed by atoms with Gasteiger partial charge in [0, 0.05) is 12.7 Å². The van der Waals surface area contributed by atoms with E-state index in [-0.39, 0.29) is 0 Å². The van der Waals surface area contributed by atoms with E-state index in [1.165, 1.54) is 11.3 Å². The predicted molar refractivity (Wildman–Crippen MR) is 71.0 cm³/mol. The number of hydrogen-bond donors (Lipinski definition) is 2. The zero-order valence-corrected chi connectivity index (χ0v) is 10.6. The lowest BCUT2D eigenvalue weighted by molar-refractivity contribution is 0.880. The van der Waals surface area contributed by atoms with Gasteiger partial charge in [-0.2, -0.15) is 5.26 Å². The third-order valence-electron chi connectivity index (χ3n) is 2.38. The first-order valence-corrected chi connectivity index (χ1v) is 6.05. The second-order valence-electron chi connectivity index (χ2n) is 3.66. The maximum atomic E-state index is 8.86. The zero-order chi connectivity index (χ0) is 13.0. The number of anilines is 2. The van der Waals surface area contributed by atoms with E-state index in [1.807, 2.05) is 30.1 Å². The average Bonchev–Trinajstić information content (AvgIpc) is 2.86. The van der Waals surface area contributed by atoms with Crippen molar-refractivity contribution in [2.75, 3.05) is 17.4 Å². The predicted octanol–water partition coefficient (Wildman–Crippen LogP) is 1.33. The summed E-state index contributed by atoms with van der Waals surface area (Å²) in [7, 11) is 1.94. The summed E-state index contributed by atoms with van der Waals surface area (Å²) in [6.45, 7) is 0.619. The van der Waals surface area contributed by atoms with Crippen LogP contribution >= 0.6 is 11.3 Å². The largest absolute Gasteiger partial charge is 0.368 e. The normalized spacial score (nSPS) is 9.83. The molecule has 18 heavy (non-hydrogen) atoms. The van der Waals surface area contributed by atoms with Crippen molar-refractivity contribution in [1.29, 1.82) is 5.26 Å². The van der Waals surface area contributed by atoms with Crippen LogP contribution in [0, 0.1) is 11.3 Å². The number of nitrogen functional groups attached to an aromatic ring is 1. The zero-order valence-electron chi connectivity index (χ0n) is 9.79. The van der Waals surface area contributed by atoms with Gasteiger partial charge in [0.15, 0.2) is 0 Å². The highest BCUT2D eigenvalue weighted by atomic mass is 32.1. The molecule has 2 rings (SSSR count). The number of nitrogens with one attached hydrogen (secondary N) is 1. The summed E-state index contributed by atoms with van der Waals surface area (Å²) < 4.78 is 0. The van der Waals surface area contributed by atoms with E-state index in [4.69, 9.17) is 11.1 Å². The van der Waals surface area contributed by atoms with Crippen LogP contribution in [0.25, 0.3) is 0 Å². The van der Waals surface area contributed by atoms with Gasteiger partial charge < -0.3 is 4.90 Å². The van der Waals surface area contributed by atoms with E-state index >= 15 is 0 Å². The molecule has 3 N–H and O–H groups in total. The van der Waals surface area contributed by atoms with Crippen LogP contribution in [0.15, 0.2) is 24.3 Å². The highest BCUT2D eigenvalue weighted by molar-refractivity contribution is 7.15. The molecule has 7 heteroatoms. The first-order valence-electron chi connectivity index (χ1n) is 5.23. The molecular weight excluding hydrogens is 248 g/mol. The molecule has 0 aliphatic heterocycles. The number of nitrogens with zero attached hydrogens (tertiary/aromatic N) is 4. The van der Waals surface area contributed by atoms with Crippen molar-refractivity contribution in [3.05, 3.63) is 34.8 Å². The smallest absolute Gasteiger partial charge is 0.219 e. The summed E-state index contributed by atoms with van der Waals surface area (Å²) in [6, 6.07) is 9.54. The van der Waals surface area contributed by atoms with Gasteiger partial charge in [0.25, 0.3) is 0 Å². The van der Waals surface area contributed by atoms with Crippen LogP contribution in [-0.4, -0.2) is 17.2 Å². The summed E-state index contributed by atoms with van der Waals surface area (Å²) in [5.74, 6) is 5.25. The van der Waals surface area contributed by atoms with E-state index in [0.29, 0.717) is 17.2 Å².